The first-order valence-electron chi connectivity index (χ1n) is 6.83. The van der Waals surface area contributed by atoms with E-state index in [0.29, 0.717) is 17.2 Å². The number of carbonyl (C=O) groups is 1. The molecule has 0 aliphatic heterocycles. The third kappa shape index (κ3) is 4.70. The van der Waals surface area contributed by atoms with Crippen molar-refractivity contribution in [1.82, 2.24) is 0 Å². The number of esters is 1. The minimum Gasteiger partial charge on any atom is -0.497 e. The zero-order valence-corrected chi connectivity index (χ0v) is 12.6. The normalized spacial score (nSPS) is 9.91. The number of rotatable bonds is 7. The Kier molecular flexibility index (Phi) is 5.65. The fourth-order valence-electron chi connectivity index (χ4n) is 1.75. The lowest BCUT2D eigenvalue weighted by Crippen LogP contribution is -2.12. The molecular weight excluding hydrogens is 284 g/mol. The van der Waals surface area contributed by atoms with Crippen LogP contribution in [0.1, 0.15) is 6.42 Å². The van der Waals surface area contributed by atoms with Crippen molar-refractivity contribution in [2.45, 2.75) is 6.42 Å². The molecule has 0 fully saturated rings. The van der Waals surface area contributed by atoms with Crippen molar-refractivity contribution in [3.8, 4) is 23.0 Å². The maximum absolute atomic E-state index is 11.7. The zero-order valence-electron chi connectivity index (χ0n) is 12.6. The van der Waals surface area contributed by atoms with Gasteiger partial charge in [-0.25, -0.2) is 0 Å². The first kappa shape index (κ1) is 15.7. The van der Waals surface area contributed by atoms with E-state index in [4.69, 9.17) is 18.9 Å². The topological polar surface area (TPSA) is 54.0 Å². The number of methoxy groups -OCH3 is 2. The smallest absolute Gasteiger partial charge is 0.314 e. The van der Waals surface area contributed by atoms with Gasteiger partial charge in [0, 0.05) is 0 Å². The predicted molar refractivity (Wildman–Crippen MR) is 81.7 cm³/mol. The second-order valence-electron chi connectivity index (χ2n) is 4.42. The maximum Gasteiger partial charge on any atom is 0.314 e. The van der Waals surface area contributed by atoms with Gasteiger partial charge in [0.25, 0.3) is 0 Å². The lowest BCUT2D eigenvalue weighted by Gasteiger charge is -2.08. The molecule has 116 valence electrons. The van der Waals surface area contributed by atoms with Crippen LogP contribution in [0.3, 0.4) is 0 Å². The lowest BCUT2D eigenvalue weighted by molar-refractivity contribution is -0.134. The summed E-state index contributed by atoms with van der Waals surface area (Å²) in [6.45, 7) is 0.251. The Hall–Kier alpha value is -2.69. The number of ether oxygens (including phenoxy) is 4. The van der Waals surface area contributed by atoms with Gasteiger partial charge < -0.3 is 18.9 Å². The highest BCUT2D eigenvalue weighted by Gasteiger charge is 2.06. The molecule has 0 atom stereocenters. The molecule has 2 aromatic rings. The summed E-state index contributed by atoms with van der Waals surface area (Å²) in [5, 5.41) is 0. The fourth-order valence-corrected chi connectivity index (χ4v) is 1.75. The standard InChI is InChI=1S/C17H18O5/c1-19-13-3-7-15(8-4-13)21-12-11-17(18)22-16-9-5-14(20-2)6-10-16/h3-10H,11-12H2,1-2H3. The van der Waals surface area contributed by atoms with Crippen molar-refractivity contribution < 1.29 is 23.7 Å². The average molecular weight is 302 g/mol. The van der Waals surface area contributed by atoms with Gasteiger partial charge in [-0.1, -0.05) is 0 Å². The largest absolute Gasteiger partial charge is 0.497 e. The van der Waals surface area contributed by atoms with E-state index in [1.807, 2.05) is 0 Å². The zero-order chi connectivity index (χ0) is 15.8. The quantitative estimate of drug-likeness (QED) is 0.581. The Balaban J connectivity index is 1.74. The van der Waals surface area contributed by atoms with Gasteiger partial charge in [-0.2, -0.15) is 0 Å². The molecule has 0 heterocycles. The van der Waals surface area contributed by atoms with Crippen molar-refractivity contribution in [3.63, 3.8) is 0 Å². The van der Waals surface area contributed by atoms with E-state index in [-0.39, 0.29) is 19.0 Å². The van der Waals surface area contributed by atoms with E-state index in [1.54, 1.807) is 62.8 Å². The van der Waals surface area contributed by atoms with Gasteiger partial charge in [-0.15, -0.1) is 0 Å². The molecule has 0 aliphatic carbocycles. The fraction of sp³-hybridized carbons (Fsp3) is 0.235. The average Bonchev–Trinajstić information content (AvgIpc) is 2.56. The first-order chi connectivity index (χ1) is 10.7. The van der Waals surface area contributed by atoms with E-state index in [2.05, 4.69) is 0 Å². The molecule has 22 heavy (non-hydrogen) atoms. The lowest BCUT2D eigenvalue weighted by atomic mass is 10.3. The van der Waals surface area contributed by atoms with Crippen molar-refractivity contribution in [1.29, 1.82) is 0 Å². The molecule has 5 nitrogen and oxygen atoms in total. The Morgan fingerprint density at radius 3 is 1.73 bits per heavy atom. The Morgan fingerprint density at radius 1 is 0.773 bits per heavy atom. The highest BCUT2D eigenvalue weighted by atomic mass is 16.5. The highest BCUT2D eigenvalue weighted by molar-refractivity contribution is 5.72. The van der Waals surface area contributed by atoms with Gasteiger partial charge in [0.15, 0.2) is 0 Å². The Morgan fingerprint density at radius 2 is 1.23 bits per heavy atom. The molecule has 0 saturated heterocycles. The minimum absolute atomic E-state index is 0.165. The number of hydrogen-bond acceptors (Lipinski definition) is 5. The van der Waals surface area contributed by atoms with Crippen LogP contribution < -0.4 is 18.9 Å². The van der Waals surface area contributed by atoms with E-state index in [0.717, 1.165) is 5.75 Å². The van der Waals surface area contributed by atoms with Crippen LogP contribution in [0.4, 0.5) is 0 Å². The second-order valence-corrected chi connectivity index (χ2v) is 4.42. The summed E-state index contributed by atoms with van der Waals surface area (Å²) >= 11 is 0. The molecule has 0 aromatic heterocycles. The van der Waals surface area contributed by atoms with Gasteiger partial charge in [-0.3, -0.25) is 4.79 Å². The summed E-state index contributed by atoms with van der Waals surface area (Å²) in [4.78, 5) is 11.7. The summed E-state index contributed by atoms with van der Waals surface area (Å²) in [7, 11) is 3.18. The van der Waals surface area contributed by atoms with Crippen molar-refractivity contribution in [2.75, 3.05) is 20.8 Å². The van der Waals surface area contributed by atoms with E-state index in [9.17, 15) is 4.79 Å². The van der Waals surface area contributed by atoms with Crippen LogP contribution in [0.15, 0.2) is 48.5 Å². The molecule has 5 heteroatoms. The third-order valence-electron chi connectivity index (χ3n) is 2.93. The first-order valence-corrected chi connectivity index (χ1v) is 6.83. The molecule has 2 aromatic carbocycles. The van der Waals surface area contributed by atoms with Crippen LogP contribution in [0.2, 0.25) is 0 Å². The molecule has 0 saturated carbocycles. The van der Waals surface area contributed by atoms with Gasteiger partial charge in [0.05, 0.1) is 27.2 Å². The van der Waals surface area contributed by atoms with Crippen LogP contribution in [-0.4, -0.2) is 26.8 Å². The van der Waals surface area contributed by atoms with Gasteiger partial charge in [-0.05, 0) is 48.5 Å². The Bertz CT molecular complexity index is 589. The van der Waals surface area contributed by atoms with Crippen molar-refractivity contribution in [2.24, 2.45) is 0 Å². The van der Waals surface area contributed by atoms with Crippen molar-refractivity contribution in [3.05, 3.63) is 48.5 Å². The van der Waals surface area contributed by atoms with Gasteiger partial charge in [0.1, 0.15) is 23.0 Å². The summed E-state index contributed by atoms with van der Waals surface area (Å²) < 4.78 is 20.8. The molecule has 0 N–H and O–H groups in total. The summed E-state index contributed by atoms with van der Waals surface area (Å²) in [6, 6.07) is 14.0. The van der Waals surface area contributed by atoms with Crippen LogP contribution >= 0.6 is 0 Å². The number of hydrogen-bond donors (Lipinski definition) is 0. The van der Waals surface area contributed by atoms with Crippen molar-refractivity contribution >= 4 is 5.97 Å². The molecule has 0 aliphatic rings. The summed E-state index contributed by atoms with van der Waals surface area (Å²) in [5.74, 6) is 2.28. The summed E-state index contributed by atoms with van der Waals surface area (Å²) in [5.41, 5.74) is 0. The van der Waals surface area contributed by atoms with E-state index in [1.165, 1.54) is 0 Å². The molecule has 0 bridgehead atoms. The molecule has 0 radical (unpaired) electrons. The van der Waals surface area contributed by atoms with Gasteiger partial charge >= 0.3 is 5.97 Å². The predicted octanol–water partition coefficient (Wildman–Crippen LogP) is 3.08. The molecular formula is C17H18O5. The molecule has 0 unspecified atom stereocenters. The SMILES string of the molecule is COc1ccc(OCCC(=O)Oc2ccc(OC)cc2)cc1. The Labute approximate surface area is 129 Å². The maximum atomic E-state index is 11.7. The van der Waals surface area contributed by atoms with Crippen LogP contribution in [-0.2, 0) is 4.79 Å². The molecule has 2 rings (SSSR count). The molecule has 0 spiro atoms. The number of benzene rings is 2. The summed E-state index contributed by atoms with van der Waals surface area (Å²) in [6.07, 6.45) is 0.165. The highest BCUT2D eigenvalue weighted by Crippen LogP contribution is 2.18. The molecule has 0 amide bonds. The second kappa shape index (κ2) is 7.93. The monoisotopic (exact) mass is 302 g/mol. The van der Waals surface area contributed by atoms with Crippen LogP contribution in [0.25, 0.3) is 0 Å². The number of carbonyl (C=O) groups excluding carboxylic acids is 1. The third-order valence-corrected chi connectivity index (χ3v) is 2.93. The van der Waals surface area contributed by atoms with E-state index >= 15 is 0 Å². The van der Waals surface area contributed by atoms with Gasteiger partial charge in [0.2, 0.25) is 0 Å². The minimum atomic E-state index is -0.348. The van der Waals surface area contributed by atoms with Crippen LogP contribution in [0.5, 0.6) is 23.0 Å². The van der Waals surface area contributed by atoms with Crippen LogP contribution in [0, 0.1) is 0 Å². The van der Waals surface area contributed by atoms with E-state index < -0.39 is 0 Å².